The average molecular weight is 425 g/mol. The fraction of sp³-hybridized carbons (Fsp3) is 0.348. The topological polar surface area (TPSA) is 99.8 Å². The van der Waals surface area contributed by atoms with Gasteiger partial charge in [-0.2, -0.15) is 0 Å². The number of hydrogen-bond donors (Lipinski definition) is 3. The van der Waals surface area contributed by atoms with Crippen molar-refractivity contribution >= 4 is 23.5 Å². The molecule has 0 bridgehead atoms. The fourth-order valence-electron chi connectivity index (χ4n) is 3.19. The highest BCUT2D eigenvalue weighted by molar-refractivity contribution is 5.98. The Labute approximate surface area is 182 Å². The third-order valence-electron chi connectivity index (χ3n) is 5.09. The summed E-state index contributed by atoms with van der Waals surface area (Å²) in [6.45, 7) is 6.42. The van der Waals surface area contributed by atoms with Crippen LogP contribution in [0.4, 0.5) is 10.5 Å². The first kappa shape index (κ1) is 22.1. The molecule has 0 aliphatic carbocycles. The van der Waals surface area contributed by atoms with Crippen molar-refractivity contribution in [3.63, 3.8) is 0 Å². The lowest BCUT2D eigenvalue weighted by Gasteiger charge is -2.23. The van der Waals surface area contributed by atoms with Crippen LogP contribution in [0, 0.1) is 0 Å². The summed E-state index contributed by atoms with van der Waals surface area (Å²) in [5.41, 5.74) is 2.38. The molecular formula is C23H28N4O4. The Morgan fingerprint density at radius 3 is 2.23 bits per heavy atom. The van der Waals surface area contributed by atoms with Crippen molar-refractivity contribution in [1.29, 1.82) is 0 Å². The van der Waals surface area contributed by atoms with E-state index in [1.807, 2.05) is 24.3 Å². The lowest BCUT2D eigenvalue weighted by molar-refractivity contribution is -0.118. The lowest BCUT2D eigenvalue weighted by atomic mass is 9.87. The van der Waals surface area contributed by atoms with E-state index in [0.717, 1.165) is 5.56 Å². The van der Waals surface area contributed by atoms with Crippen molar-refractivity contribution in [3.8, 4) is 5.75 Å². The van der Waals surface area contributed by atoms with E-state index in [1.54, 1.807) is 31.4 Å². The van der Waals surface area contributed by atoms with Crippen LogP contribution in [0.3, 0.4) is 0 Å². The normalized spacial score (nSPS) is 14.6. The summed E-state index contributed by atoms with van der Waals surface area (Å²) in [7, 11) is 1.56. The number of rotatable bonds is 5. The smallest absolute Gasteiger partial charge is 0.320 e. The molecule has 1 heterocycles. The van der Waals surface area contributed by atoms with E-state index in [4.69, 9.17) is 4.74 Å². The molecule has 1 aliphatic heterocycles. The quantitative estimate of drug-likeness (QED) is 0.687. The molecule has 8 nitrogen and oxygen atoms in total. The monoisotopic (exact) mass is 424 g/mol. The second-order valence-electron chi connectivity index (χ2n) is 8.43. The predicted octanol–water partition coefficient (Wildman–Crippen LogP) is 2.77. The van der Waals surface area contributed by atoms with Crippen LogP contribution in [0.15, 0.2) is 48.5 Å². The molecule has 0 spiro atoms. The first-order valence-electron chi connectivity index (χ1n) is 10.0. The summed E-state index contributed by atoms with van der Waals surface area (Å²) >= 11 is 0. The molecule has 0 radical (unpaired) electrons. The van der Waals surface area contributed by atoms with Gasteiger partial charge in [-0.05, 0) is 40.8 Å². The number of ether oxygens (including phenoxy) is 1. The molecule has 2 aromatic carbocycles. The van der Waals surface area contributed by atoms with Gasteiger partial charge in [-0.25, -0.2) is 4.79 Å². The van der Waals surface area contributed by atoms with Crippen LogP contribution in [0.25, 0.3) is 0 Å². The second kappa shape index (κ2) is 9.07. The first-order chi connectivity index (χ1) is 14.7. The molecule has 1 atom stereocenters. The van der Waals surface area contributed by atoms with Crippen molar-refractivity contribution in [2.75, 3.05) is 25.6 Å². The Hall–Kier alpha value is -3.55. The predicted molar refractivity (Wildman–Crippen MR) is 118 cm³/mol. The van der Waals surface area contributed by atoms with Crippen molar-refractivity contribution in [3.05, 3.63) is 59.7 Å². The summed E-state index contributed by atoms with van der Waals surface area (Å²) in [5, 5.41) is 8.17. The van der Waals surface area contributed by atoms with Gasteiger partial charge in [0.05, 0.1) is 13.8 Å². The molecule has 2 aromatic rings. The highest BCUT2D eigenvalue weighted by atomic mass is 16.5. The van der Waals surface area contributed by atoms with E-state index in [-0.39, 0.29) is 30.4 Å². The minimum absolute atomic E-state index is 0.00332. The SMILES string of the molecule is COc1ccc(C(NC(=O)N2CNC(=O)C2)C(=O)Nc2ccc(C(C)(C)C)cc2)cc1. The van der Waals surface area contributed by atoms with Crippen molar-refractivity contribution in [2.24, 2.45) is 0 Å². The number of nitrogens with zero attached hydrogens (tertiary/aromatic N) is 1. The van der Waals surface area contributed by atoms with Gasteiger partial charge in [-0.15, -0.1) is 0 Å². The Bertz CT molecular complexity index is 949. The van der Waals surface area contributed by atoms with Crippen molar-refractivity contribution in [1.82, 2.24) is 15.5 Å². The number of anilines is 1. The molecule has 0 aromatic heterocycles. The molecular weight excluding hydrogens is 396 g/mol. The van der Waals surface area contributed by atoms with Gasteiger partial charge in [0, 0.05) is 5.69 Å². The van der Waals surface area contributed by atoms with Gasteiger partial charge in [0.15, 0.2) is 0 Å². The van der Waals surface area contributed by atoms with Crippen LogP contribution in [-0.4, -0.2) is 43.1 Å². The van der Waals surface area contributed by atoms with Crippen LogP contribution >= 0.6 is 0 Å². The van der Waals surface area contributed by atoms with Gasteiger partial charge in [0.2, 0.25) is 5.91 Å². The van der Waals surface area contributed by atoms with Gasteiger partial charge in [-0.3, -0.25) is 14.5 Å². The third-order valence-corrected chi connectivity index (χ3v) is 5.09. The maximum Gasteiger partial charge on any atom is 0.320 e. The molecule has 31 heavy (non-hydrogen) atoms. The second-order valence-corrected chi connectivity index (χ2v) is 8.43. The van der Waals surface area contributed by atoms with Crippen LogP contribution in [0.2, 0.25) is 0 Å². The van der Waals surface area contributed by atoms with Gasteiger partial charge in [-0.1, -0.05) is 45.0 Å². The summed E-state index contributed by atoms with van der Waals surface area (Å²) in [4.78, 5) is 38.5. The zero-order chi connectivity index (χ0) is 22.6. The highest BCUT2D eigenvalue weighted by Crippen LogP contribution is 2.25. The van der Waals surface area contributed by atoms with Gasteiger partial charge in [0.1, 0.15) is 18.3 Å². The van der Waals surface area contributed by atoms with Crippen LogP contribution in [-0.2, 0) is 15.0 Å². The summed E-state index contributed by atoms with van der Waals surface area (Å²) in [5.74, 6) is 0.0152. The zero-order valence-electron chi connectivity index (χ0n) is 18.2. The standard InChI is InChI=1S/C23H28N4O4/c1-23(2,3)16-7-9-17(10-8-16)25-21(29)20(15-5-11-18(31-4)12-6-15)26-22(30)27-13-19(28)24-14-27/h5-12,20H,13-14H2,1-4H3,(H,24,28)(H,25,29)(H,26,30). The summed E-state index contributed by atoms with van der Waals surface area (Å²) < 4.78 is 5.18. The number of hydrogen-bond acceptors (Lipinski definition) is 4. The number of carbonyl (C=O) groups is 3. The minimum atomic E-state index is -0.948. The number of urea groups is 1. The highest BCUT2D eigenvalue weighted by Gasteiger charge is 2.29. The summed E-state index contributed by atoms with van der Waals surface area (Å²) in [6, 6.07) is 13.1. The molecule has 1 fully saturated rings. The average Bonchev–Trinajstić information content (AvgIpc) is 3.18. The van der Waals surface area contributed by atoms with Gasteiger partial charge in [0.25, 0.3) is 5.91 Å². The number of benzene rings is 2. The van der Waals surface area contributed by atoms with E-state index in [9.17, 15) is 14.4 Å². The molecule has 3 N–H and O–H groups in total. The Morgan fingerprint density at radius 1 is 1.06 bits per heavy atom. The van der Waals surface area contributed by atoms with E-state index in [1.165, 1.54) is 4.90 Å². The molecule has 1 unspecified atom stereocenters. The van der Waals surface area contributed by atoms with Crippen LogP contribution < -0.4 is 20.7 Å². The molecule has 1 aliphatic rings. The fourth-order valence-corrected chi connectivity index (χ4v) is 3.19. The zero-order valence-corrected chi connectivity index (χ0v) is 18.2. The van der Waals surface area contributed by atoms with Crippen molar-refractivity contribution < 1.29 is 19.1 Å². The van der Waals surface area contributed by atoms with Crippen LogP contribution in [0.1, 0.15) is 37.9 Å². The van der Waals surface area contributed by atoms with Gasteiger partial charge < -0.3 is 20.7 Å². The number of methoxy groups -OCH3 is 1. The van der Waals surface area contributed by atoms with E-state index < -0.39 is 12.1 Å². The number of nitrogens with one attached hydrogen (secondary N) is 3. The molecule has 0 saturated carbocycles. The molecule has 164 valence electrons. The third kappa shape index (κ3) is 5.53. The first-order valence-corrected chi connectivity index (χ1v) is 10.0. The van der Waals surface area contributed by atoms with E-state index >= 15 is 0 Å². The maximum absolute atomic E-state index is 13.1. The Morgan fingerprint density at radius 2 is 1.71 bits per heavy atom. The maximum atomic E-state index is 13.1. The van der Waals surface area contributed by atoms with Crippen LogP contribution in [0.5, 0.6) is 5.75 Å². The Kier molecular flexibility index (Phi) is 6.48. The van der Waals surface area contributed by atoms with E-state index in [0.29, 0.717) is 17.0 Å². The van der Waals surface area contributed by atoms with Crippen molar-refractivity contribution in [2.45, 2.75) is 32.2 Å². The molecule has 3 rings (SSSR count). The lowest BCUT2D eigenvalue weighted by Crippen LogP contribution is -2.44. The largest absolute Gasteiger partial charge is 0.497 e. The van der Waals surface area contributed by atoms with E-state index in [2.05, 4.69) is 36.7 Å². The number of carbonyl (C=O) groups excluding carboxylic acids is 3. The number of amides is 4. The Balaban J connectivity index is 1.79. The molecule has 1 saturated heterocycles. The van der Waals surface area contributed by atoms with Gasteiger partial charge >= 0.3 is 6.03 Å². The summed E-state index contributed by atoms with van der Waals surface area (Å²) in [6.07, 6.45) is 0. The minimum Gasteiger partial charge on any atom is -0.497 e. The molecule has 4 amide bonds. The molecule has 8 heteroatoms.